The highest BCUT2D eigenvalue weighted by atomic mass is 35.5. The van der Waals surface area contributed by atoms with Crippen molar-refractivity contribution in [2.75, 3.05) is 5.32 Å². The molecule has 4 aromatic rings. The van der Waals surface area contributed by atoms with E-state index in [4.69, 9.17) is 16.7 Å². The van der Waals surface area contributed by atoms with Gasteiger partial charge in [-0.05, 0) is 43.2 Å². The second-order valence-corrected chi connectivity index (χ2v) is 10.1. The fourth-order valence-corrected chi connectivity index (χ4v) is 4.86. The van der Waals surface area contributed by atoms with Crippen LogP contribution in [-0.4, -0.2) is 28.6 Å². The average molecular weight is 447 g/mol. The number of nitrogens with one attached hydrogen (secondary N) is 2. The van der Waals surface area contributed by atoms with Crippen molar-refractivity contribution >= 4 is 55.5 Å². The molecule has 4 N–H and O–H groups in total. The molecule has 3 heterocycles. The van der Waals surface area contributed by atoms with Gasteiger partial charge in [0.1, 0.15) is 10.0 Å². The van der Waals surface area contributed by atoms with Gasteiger partial charge in [0.25, 0.3) is 0 Å². The van der Waals surface area contributed by atoms with Crippen molar-refractivity contribution in [1.82, 2.24) is 20.2 Å². The van der Waals surface area contributed by atoms with Crippen LogP contribution in [-0.2, 0) is 10.0 Å². The lowest BCUT2D eigenvalue weighted by Gasteiger charge is -2.09. The Morgan fingerprint density at radius 3 is 2.72 bits per heavy atom. The van der Waals surface area contributed by atoms with Gasteiger partial charge in [0.15, 0.2) is 11.6 Å². The molecule has 1 saturated carbocycles. The third-order valence-electron chi connectivity index (χ3n) is 4.60. The van der Waals surface area contributed by atoms with E-state index in [0.717, 1.165) is 22.4 Å². The van der Waals surface area contributed by atoms with Crippen molar-refractivity contribution in [3.63, 3.8) is 0 Å². The molecule has 0 aliphatic heterocycles. The molecule has 0 saturated heterocycles. The summed E-state index contributed by atoms with van der Waals surface area (Å²) in [6, 6.07) is 10.4. The van der Waals surface area contributed by atoms with E-state index >= 15 is 0 Å². The molecule has 5 rings (SSSR count). The van der Waals surface area contributed by atoms with Gasteiger partial charge in [-0.2, -0.15) is 5.10 Å². The highest BCUT2D eigenvalue weighted by Gasteiger charge is 2.25. The van der Waals surface area contributed by atoms with Gasteiger partial charge in [0.05, 0.1) is 10.4 Å². The van der Waals surface area contributed by atoms with Crippen LogP contribution in [0.5, 0.6) is 0 Å². The number of fused-ring (bicyclic) bond motifs is 1. The summed E-state index contributed by atoms with van der Waals surface area (Å²) >= 11 is 7.20. The van der Waals surface area contributed by atoms with Crippen molar-refractivity contribution in [3.8, 4) is 10.7 Å². The largest absolute Gasteiger partial charge is 0.323 e. The number of sulfonamides is 1. The monoisotopic (exact) mass is 446 g/mol. The smallest absolute Gasteiger partial charge is 0.247 e. The number of H-pyrrole nitrogens is 1. The molecule has 1 fully saturated rings. The van der Waals surface area contributed by atoms with E-state index in [2.05, 4.69) is 25.5 Å². The molecule has 0 unspecified atom stereocenters. The van der Waals surface area contributed by atoms with Crippen LogP contribution in [0.4, 0.5) is 11.6 Å². The first-order valence-corrected chi connectivity index (χ1v) is 11.5. The summed E-state index contributed by atoms with van der Waals surface area (Å²) in [4.78, 5) is 9.77. The topological polar surface area (TPSA) is 127 Å². The van der Waals surface area contributed by atoms with Crippen LogP contribution in [0.3, 0.4) is 0 Å². The molecule has 1 aromatic carbocycles. The first-order chi connectivity index (χ1) is 13.9. The van der Waals surface area contributed by atoms with Crippen LogP contribution >= 0.6 is 22.9 Å². The van der Waals surface area contributed by atoms with Crippen LogP contribution in [0.2, 0.25) is 5.02 Å². The van der Waals surface area contributed by atoms with Gasteiger partial charge in [0.2, 0.25) is 10.0 Å². The second kappa shape index (κ2) is 6.77. The summed E-state index contributed by atoms with van der Waals surface area (Å²) in [7, 11) is -3.78. The number of primary sulfonamides is 1. The minimum atomic E-state index is -3.78. The molecular formula is C18H15ClN6O2S2. The van der Waals surface area contributed by atoms with Gasteiger partial charge in [-0.15, -0.1) is 11.3 Å². The number of anilines is 2. The fraction of sp³-hybridized carbons (Fsp3) is 0.167. The minimum absolute atomic E-state index is 0.0585. The molecule has 0 atom stereocenters. The molecule has 0 spiro atoms. The molecule has 1 aliphatic carbocycles. The molecule has 8 nitrogen and oxygen atoms in total. The predicted molar refractivity (Wildman–Crippen MR) is 113 cm³/mol. The van der Waals surface area contributed by atoms with E-state index in [1.54, 1.807) is 24.3 Å². The van der Waals surface area contributed by atoms with Crippen molar-refractivity contribution in [3.05, 3.63) is 47.1 Å². The number of thiophene rings is 1. The molecule has 0 radical (unpaired) electrons. The Bertz CT molecular complexity index is 1340. The maximum Gasteiger partial charge on any atom is 0.247 e. The molecule has 3 aromatic heterocycles. The lowest BCUT2D eigenvalue weighted by Crippen LogP contribution is -2.09. The summed E-state index contributed by atoms with van der Waals surface area (Å²) in [5.41, 5.74) is 1.77. The molecule has 148 valence electrons. The lowest BCUT2D eigenvalue weighted by molar-refractivity contribution is 0.600. The first-order valence-electron chi connectivity index (χ1n) is 8.79. The minimum Gasteiger partial charge on any atom is -0.323 e. The number of halogens is 1. The van der Waals surface area contributed by atoms with Crippen molar-refractivity contribution in [2.24, 2.45) is 5.14 Å². The summed E-state index contributed by atoms with van der Waals surface area (Å²) < 4.78 is 23.3. The number of hydrogen-bond acceptors (Lipinski definition) is 7. The van der Waals surface area contributed by atoms with E-state index in [0.29, 0.717) is 38.8 Å². The SMILES string of the molecule is NS(=O)(=O)c1ccc(-c2nc(Nc3cc(C4CC4)[nH]n3)c3cc(Cl)ccc3n2)s1. The third-order valence-corrected chi connectivity index (χ3v) is 7.36. The Hall–Kier alpha value is -2.53. The summed E-state index contributed by atoms with van der Waals surface area (Å²) in [5.74, 6) is 2.12. The van der Waals surface area contributed by atoms with Crippen LogP contribution in [0, 0.1) is 0 Å². The first kappa shape index (κ1) is 18.5. The fourth-order valence-electron chi connectivity index (χ4n) is 3.02. The van der Waals surface area contributed by atoms with E-state index in [-0.39, 0.29) is 4.21 Å². The predicted octanol–water partition coefficient (Wildman–Crippen LogP) is 4.00. The Morgan fingerprint density at radius 2 is 2.00 bits per heavy atom. The Morgan fingerprint density at radius 1 is 1.17 bits per heavy atom. The van der Waals surface area contributed by atoms with Gasteiger partial charge in [-0.3, -0.25) is 5.10 Å². The number of aromatic nitrogens is 4. The summed E-state index contributed by atoms with van der Waals surface area (Å²) in [6.45, 7) is 0. The zero-order chi connectivity index (χ0) is 20.2. The Balaban J connectivity index is 1.60. The molecular weight excluding hydrogens is 432 g/mol. The maximum atomic E-state index is 11.6. The van der Waals surface area contributed by atoms with Crippen molar-refractivity contribution < 1.29 is 8.42 Å². The highest BCUT2D eigenvalue weighted by molar-refractivity contribution is 7.91. The number of hydrogen-bond donors (Lipinski definition) is 3. The highest BCUT2D eigenvalue weighted by Crippen LogP contribution is 2.40. The van der Waals surface area contributed by atoms with Gasteiger partial charge in [-0.25, -0.2) is 23.5 Å². The molecule has 1 aliphatic rings. The van der Waals surface area contributed by atoms with Crippen molar-refractivity contribution in [2.45, 2.75) is 23.0 Å². The third kappa shape index (κ3) is 3.71. The van der Waals surface area contributed by atoms with E-state index in [1.807, 2.05) is 6.07 Å². The molecule has 29 heavy (non-hydrogen) atoms. The molecule has 0 bridgehead atoms. The van der Waals surface area contributed by atoms with E-state index in [9.17, 15) is 8.42 Å². The Kier molecular flexibility index (Phi) is 4.32. The number of aromatic amines is 1. The Labute approximate surface area is 175 Å². The van der Waals surface area contributed by atoms with Crippen molar-refractivity contribution in [1.29, 1.82) is 0 Å². The quantitative estimate of drug-likeness (QED) is 0.425. The zero-order valence-corrected chi connectivity index (χ0v) is 17.3. The zero-order valence-electron chi connectivity index (χ0n) is 14.9. The average Bonchev–Trinajstić information content (AvgIpc) is 3.20. The molecule has 11 heteroatoms. The van der Waals surface area contributed by atoms with Gasteiger partial charge in [-0.1, -0.05) is 11.6 Å². The number of nitrogens with zero attached hydrogens (tertiary/aromatic N) is 3. The van der Waals surface area contributed by atoms with Gasteiger partial charge >= 0.3 is 0 Å². The number of nitrogens with two attached hydrogens (primary N) is 1. The summed E-state index contributed by atoms with van der Waals surface area (Å²) in [5, 5.41) is 17.1. The second-order valence-electron chi connectivity index (χ2n) is 6.83. The van der Waals surface area contributed by atoms with Crippen LogP contribution in [0.15, 0.2) is 40.6 Å². The lowest BCUT2D eigenvalue weighted by atomic mass is 10.2. The van der Waals surface area contributed by atoms with Crippen LogP contribution in [0.25, 0.3) is 21.6 Å². The van der Waals surface area contributed by atoms with E-state index < -0.39 is 10.0 Å². The van der Waals surface area contributed by atoms with Gasteiger partial charge < -0.3 is 5.32 Å². The van der Waals surface area contributed by atoms with Crippen LogP contribution in [0.1, 0.15) is 24.5 Å². The van der Waals surface area contributed by atoms with Gasteiger partial charge in [0, 0.05) is 28.1 Å². The number of rotatable bonds is 5. The van der Waals surface area contributed by atoms with E-state index in [1.165, 1.54) is 18.9 Å². The summed E-state index contributed by atoms with van der Waals surface area (Å²) in [6.07, 6.45) is 2.34. The normalized spacial score (nSPS) is 14.4. The van der Waals surface area contributed by atoms with Crippen LogP contribution < -0.4 is 10.5 Å². The standard InChI is InChI=1S/C18H15ClN6O2S2/c19-10-3-4-12-11(7-10)17(22-15-8-13(24-25-15)9-1-2-9)23-18(21-12)14-5-6-16(28-14)29(20,26)27/h3-9H,1-2H2,(H2,20,26,27)(H2,21,22,23,24,25). The number of benzene rings is 1. The maximum absolute atomic E-state index is 11.6. The molecule has 0 amide bonds.